The summed E-state index contributed by atoms with van der Waals surface area (Å²) in [6.45, 7) is 9.60. The number of nitrogens with one attached hydrogen (secondary N) is 1. The molecule has 94 valence electrons. The van der Waals surface area contributed by atoms with Crippen LogP contribution in [0.2, 0.25) is 0 Å². The van der Waals surface area contributed by atoms with Gasteiger partial charge in [0.15, 0.2) is 5.84 Å². The smallest absolute Gasteiger partial charge is 0.231 e. The van der Waals surface area contributed by atoms with E-state index in [0.717, 1.165) is 6.42 Å². The van der Waals surface area contributed by atoms with Crippen LogP contribution in [0.3, 0.4) is 0 Å². The van der Waals surface area contributed by atoms with Crippen molar-refractivity contribution in [2.75, 3.05) is 0 Å². The Kier molecular flexibility index (Phi) is 5.27. The third kappa shape index (κ3) is 4.08. The Bertz CT molecular complexity index is 272. The van der Waals surface area contributed by atoms with E-state index >= 15 is 0 Å². The van der Waals surface area contributed by atoms with Crippen LogP contribution in [0, 0.1) is 11.8 Å². The molecule has 0 bridgehead atoms. The summed E-state index contributed by atoms with van der Waals surface area (Å²) < 4.78 is 0. The second-order valence-electron chi connectivity index (χ2n) is 4.97. The fourth-order valence-electron chi connectivity index (χ4n) is 1.34. The predicted octanol–water partition coefficient (Wildman–Crippen LogP) is 1.31. The average Bonchev–Trinajstić information content (AvgIpc) is 2.16. The van der Waals surface area contributed by atoms with E-state index in [1.54, 1.807) is 0 Å². The third-order valence-electron chi connectivity index (χ3n) is 2.73. The highest BCUT2D eigenvalue weighted by Crippen LogP contribution is 2.15. The van der Waals surface area contributed by atoms with Crippen LogP contribution in [0.15, 0.2) is 5.16 Å². The molecule has 0 rings (SSSR count). The normalized spacial score (nSPS) is 15.0. The summed E-state index contributed by atoms with van der Waals surface area (Å²) in [5.41, 5.74) is 5.24. The largest absolute Gasteiger partial charge is 0.409 e. The Labute approximate surface area is 97.1 Å². The first-order chi connectivity index (χ1) is 7.25. The predicted molar refractivity (Wildman–Crippen MR) is 64.2 cm³/mol. The van der Waals surface area contributed by atoms with Gasteiger partial charge in [-0.25, -0.2) is 0 Å². The highest BCUT2D eigenvalue weighted by molar-refractivity contribution is 6.02. The summed E-state index contributed by atoms with van der Waals surface area (Å²) in [5.74, 6) is -0.837. The lowest BCUT2D eigenvalue weighted by Crippen LogP contribution is -2.50. The number of rotatable bonds is 5. The summed E-state index contributed by atoms with van der Waals surface area (Å²) in [7, 11) is 0. The number of carbonyl (C=O) groups is 1. The van der Waals surface area contributed by atoms with Crippen molar-refractivity contribution < 1.29 is 10.0 Å². The van der Waals surface area contributed by atoms with Crippen LogP contribution in [-0.4, -0.2) is 22.5 Å². The minimum absolute atomic E-state index is 0.0106. The molecule has 0 spiro atoms. The number of hydrogen-bond donors (Lipinski definition) is 3. The van der Waals surface area contributed by atoms with E-state index in [4.69, 9.17) is 10.9 Å². The van der Waals surface area contributed by atoms with Crippen LogP contribution in [-0.2, 0) is 4.79 Å². The maximum Gasteiger partial charge on any atom is 0.231 e. The minimum atomic E-state index is -0.587. The van der Waals surface area contributed by atoms with Crippen molar-refractivity contribution in [3.05, 3.63) is 0 Å². The highest BCUT2D eigenvalue weighted by Gasteiger charge is 2.30. The second kappa shape index (κ2) is 5.72. The van der Waals surface area contributed by atoms with Gasteiger partial charge >= 0.3 is 0 Å². The van der Waals surface area contributed by atoms with Crippen LogP contribution < -0.4 is 11.1 Å². The van der Waals surface area contributed by atoms with Gasteiger partial charge in [0.25, 0.3) is 0 Å². The number of amidine groups is 1. The topological polar surface area (TPSA) is 87.7 Å². The molecular weight excluding hydrogens is 206 g/mol. The molecule has 0 aliphatic carbocycles. The molecule has 4 N–H and O–H groups in total. The quantitative estimate of drug-likeness (QED) is 0.287. The highest BCUT2D eigenvalue weighted by atomic mass is 16.4. The number of nitrogens with two attached hydrogens (primary N) is 1. The summed E-state index contributed by atoms with van der Waals surface area (Å²) in [6, 6.07) is 0. The second-order valence-corrected chi connectivity index (χ2v) is 4.97. The maximum atomic E-state index is 12.0. The molecule has 0 heterocycles. The molecule has 0 aromatic heterocycles. The fraction of sp³-hybridized carbons (Fsp3) is 0.818. The van der Waals surface area contributed by atoms with Gasteiger partial charge in [-0.2, -0.15) is 0 Å². The third-order valence-corrected chi connectivity index (χ3v) is 2.73. The van der Waals surface area contributed by atoms with Crippen molar-refractivity contribution in [2.45, 2.75) is 46.6 Å². The number of oxime groups is 1. The van der Waals surface area contributed by atoms with Crippen molar-refractivity contribution in [1.82, 2.24) is 5.32 Å². The van der Waals surface area contributed by atoms with Gasteiger partial charge in [0.1, 0.15) is 5.92 Å². The zero-order valence-corrected chi connectivity index (χ0v) is 10.7. The van der Waals surface area contributed by atoms with E-state index < -0.39 is 5.92 Å². The number of carbonyl (C=O) groups excluding carboxylic acids is 1. The zero-order chi connectivity index (χ0) is 12.9. The van der Waals surface area contributed by atoms with Gasteiger partial charge in [-0.1, -0.05) is 25.9 Å². The van der Waals surface area contributed by atoms with Crippen LogP contribution in [0.5, 0.6) is 0 Å². The number of amides is 1. The van der Waals surface area contributed by atoms with Gasteiger partial charge in [-0.15, -0.1) is 0 Å². The molecule has 0 saturated carbocycles. The van der Waals surface area contributed by atoms with Crippen LogP contribution in [0.4, 0.5) is 0 Å². The van der Waals surface area contributed by atoms with E-state index in [1.165, 1.54) is 0 Å². The number of nitrogens with zero attached hydrogens (tertiary/aromatic N) is 1. The molecule has 0 aliphatic heterocycles. The number of hydrogen-bond acceptors (Lipinski definition) is 3. The first-order valence-corrected chi connectivity index (χ1v) is 5.54. The van der Waals surface area contributed by atoms with Gasteiger partial charge in [-0.3, -0.25) is 4.79 Å². The summed E-state index contributed by atoms with van der Waals surface area (Å²) in [5, 5.41) is 14.5. The molecule has 0 aromatic carbocycles. The van der Waals surface area contributed by atoms with Crippen LogP contribution in [0.1, 0.15) is 41.0 Å². The molecule has 0 aromatic rings. The van der Waals surface area contributed by atoms with Crippen molar-refractivity contribution in [3.63, 3.8) is 0 Å². The van der Waals surface area contributed by atoms with Gasteiger partial charge in [0, 0.05) is 5.54 Å². The lowest BCUT2D eigenvalue weighted by atomic mass is 9.92. The standard InChI is InChI=1S/C11H23N3O2/c1-6-11(4,5)13-10(15)8(7(2)3)9(12)14-16/h7-8,16H,6H2,1-5H3,(H2,12,14)(H,13,15). The monoisotopic (exact) mass is 229 g/mol. The summed E-state index contributed by atoms with van der Waals surface area (Å²) in [6.07, 6.45) is 0.819. The summed E-state index contributed by atoms with van der Waals surface area (Å²) >= 11 is 0. The molecule has 1 amide bonds. The average molecular weight is 229 g/mol. The minimum Gasteiger partial charge on any atom is -0.409 e. The Morgan fingerprint density at radius 2 is 2.00 bits per heavy atom. The zero-order valence-electron chi connectivity index (χ0n) is 10.7. The molecule has 0 fully saturated rings. The van der Waals surface area contributed by atoms with Crippen LogP contribution in [0.25, 0.3) is 0 Å². The SMILES string of the molecule is CCC(C)(C)NC(=O)C(C(N)=NO)C(C)C. The lowest BCUT2D eigenvalue weighted by Gasteiger charge is -2.28. The molecule has 0 aliphatic rings. The van der Waals surface area contributed by atoms with Gasteiger partial charge in [-0.05, 0) is 26.2 Å². The van der Waals surface area contributed by atoms with E-state index in [9.17, 15) is 4.79 Å². The Hall–Kier alpha value is -1.26. The maximum absolute atomic E-state index is 12.0. The Morgan fingerprint density at radius 3 is 2.31 bits per heavy atom. The molecule has 16 heavy (non-hydrogen) atoms. The lowest BCUT2D eigenvalue weighted by molar-refractivity contribution is -0.125. The molecular formula is C11H23N3O2. The van der Waals surface area contributed by atoms with Crippen molar-refractivity contribution in [3.8, 4) is 0 Å². The van der Waals surface area contributed by atoms with E-state index in [-0.39, 0.29) is 23.2 Å². The van der Waals surface area contributed by atoms with E-state index in [1.807, 2.05) is 34.6 Å². The van der Waals surface area contributed by atoms with Crippen molar-refractivity contribution in [2.24, 2.45) is 22.7 Å². The molecule has 0 radical (unpaired) electrons. The molecule has 1 unspecified atom stereocenters. The van der Waals surface area contributed by atoms with Crippen molar-refractivity contribution in [1.29, 1.82) is 0 Å². The van der Waals surface area contributed by atoms with Crippen molar-refractivity contribution >= 4 is 11.7 Å². The first kappa shape index (κ1) is 14.7. The van der Waals surface area contributed by atoms with Gasteiger partial charge < -0.3 is 16.3 Å². The Morgan fingerprint density at radius 1 is 1.50 bits per heavy atom. The molecule has 0 saturated heterocycles. The first-order valence-electron chi connectivity index (χ1n) is 5.54. The van der Waals surface area contributed by atoms with E-state index in [0.29, 0.717) is 0 Å². The van der Waals surface area contributed by atoms with Gasteiger partial charge in [0.05, 0.1) is 0 Å². The molecule has 1 atom stereocenters. The van der Waals surface area contributed by atoms with Crippen LogP contribution >= 0.6 is 0 Å². The summed E-state index contributed by atoms with van der Waals surface area (Å²) in [4.78, 5) is 12.0. The van der Waals surface area contributed by atoms with Gasteiger partial charge in [0.2, 0.25) is 5.91 Å². The molecule has 5 heteroatoms. The fourth-order valence-corrected chi connectivity index (χ4v) is 1.34. The molecule has 5 nitrogen and oxygen atoms in total. The van der Waals surface area contributed by atoms with E-state index in [2.05, 4.69) is 10.5 Å². The Balaban J connectivity index is 4.78.